The summed E-state index contributed by atoms with van der Waals surface area (Å²) >= 11 is 0. The van der Waals surface area contributed by atoms with E-state index < -0.39 is 0 Å². The first-order chi connectivity index (χ1) is 12.3. The number of anilines is 2. The van der Waals surface area contributed by atoms with Crippen molar-refractivity contribution in [3.05, 3.63) is 60.2 Å². The van der Waals surface area contributed by atoms with Crippen molar-refractivity contribution < 1.29 is 9.59 Å². The van der Waals surface area contributed by atoms with Crippen LogP contribution in [0.5, 0.6) is 0 Å². The van der Waals surface area contributed by atoms with E-state index in [4.69, 9.17) is 0 Å². The van der Waals surface area contributed by atoms with Crippen LogP contribution in [0.3, 0.4) is 0 Å². The average molecular weight is 353 g/mol. The lowest BCUT2D eigenvalue weighted by molar-refractivity contribution is -0.114. The van der Waals surface area contributed by atoms with Crippen LogP contribution in [0.2, 0.25) is 0 Å². The smallest absolute Gasteiger partial charge is 0.251 e. The fourth-order valence-electron chi connectivity index (χ4n) is 2.36. The molecule has 0 aliphatic heterocycles. The Morgan fingerprint density at radius 2 is 1.62 bits per heavy atom. The zero-order chi connectivity index (χ0) is 19.2. The van der Waals surface area contributed by atoms with Crippen molar-refractivity contribution in [2.24, 2.45) is 0 Å². The molecule has 138 valence electrons. The monoisotopic (exact) mass is 353 g/mol. The highest BCUT2D eigenvalue weighted by Crippen LogP contribution is 2.14. The third-order valence-electron chi connectivity index (χ3n) is 4.34. The highest BCUT2D eigenvalue weighted by molar-refractivity contribution is 5.97. The van der Waals surface area contributed by atoms with Gasteiger partial charge in [0, 0.05) is 29.5 Å². The highest BCUT2D eigenvalue weighted by atomic mass is 16.2. The van der Waals surface area contributed by atoms with Gasteiger partial charge in [-0.25, -0.2) is 0 Å². The maximum atomic E-state index is 12.2. The van der Waals surface area contributed by atoms with E-state index in [2.05, 4.69) is 10.6 Å². The molecular formula is C21H27N3O2. The van der Waals surface area contributed by atoms with Gasteiger partial charge >= 0.3 is 0 Å². The number of hydrogen-bond acceptors (Lipinski definition) is 3. The standard InChI is InChI=1S/C21H27N3O2/c1-5-21(2,3)23-20(26)16-11-13-17(14-12-16)22-19(25)15-24(4)18-9-7-6-8-10-18/h6-14H,5,15H2,1-4H3,(H,22,25)(H,23,26). The topological polar surface area (TPSA) is 61.4 Å². The second-order valence-corrected chi connectivity index (χ2v) is 7.01. The van der Waals surface area contributed by atoms with Crippen molar-refractivity contribution >= 4 is 23.2 Å². The molecule has 0 fully saturated rings. The SMILES string of the molecule is CCC(C)(C)NC(=O)c1ccc(NC(=O)CN(C)c2ccccc2)cc1. The molecule has 0 bridgehead atoms. The molecule has 0 spiro atoms. The molecule has 5 heteroatoms. The van der Waals surface area contributed by atoms with Gasteiger partial charge in [-0.2, -0.15) is 0 Å². The van der Waals surface area contributed by atoms with E-state index in [1.54, 1.807) is 24.3 Å². The van der Waals surface area contributed by atoms with Crippen LogP contribution in [0.15, 0.2) is 54.6 Å². The molecule has 2 N–H and O–H groups in total. The molecule has 2 amide bonds. The Hall–Kier alpha value is -2.82. The molecule has 2 rings (SSSR count). The highest BCUT2D eigenvalue weighted by Gasteiger charge is 2.18. The molecule has 0 atom stereocenters. The van der Waals surface area contributed by atoms with Crippen LogP contribution < -0.4 is 15.5 Å². The third kappa shape index (κ3) is 5.62. The number of amides is 2. The Balaban J connectivity index is 1.92. The van der Waals surface area contributed by atoms with E-state index in [-0.39, 0.29) is 23.9 Å². The van der Waals surface area contributed by atoms with Gasteiger partial charge in [-0.05, 0) is 56.7 Å². The minimum atomic E-state index is -0.244. The Labute approximate surface area is 155 Å². The van der Waals surface area contributed by atoms with Gasteiger partial charge in [-0.15, -0.1) is 0 Å². The van der Waals surface area contributed by atoms with Crippen molar-refractivity contribution in [2.75, 3.05) is 23.8 Å². The van der Waals surface area contributed by atoms with Crippen LogP contribution in [0, 0.1) is 0 Å². The van der Waals surface area contributed by atoms with Crippen molar-refractivity contribution in [1.29, 1.82) is 0 Å². The van der Waals surface area contributed by atoms with E-state index in [1.165, 1.54) is 0 Å². The summed E-state index contributed by atoms with van der Waals surface area (Å²) in [5, 5.41) is 5.85. The number of carbonyl (C=O) groups is 2. The molecule has 0 heterocycles. The van der Waals surface area contributed by atoms with Crippen LogP contribution in [-0.4, -0.2) is 30.9 Å². The fourth-order valence-corrected chi connectivity index (χ4v) is 2.36. The first-order valence-electron chi connectivity index (χ1n) is 8.79. The summed E-state index contributed by atoms with van der Waals surface area (Å²) < 4.78 is 0. The number of carbonyl (C=O) groups excluding carboxylic acids is 2. The molecular weight excluding hydrogens is 326 g/mol. The molecule has 0 aromatic heterocycles. The molecule has 0 aliphatic rings. The number of para-hydroxylation sites is 1. The summed E-state index contributed by atoms with van der Waals surface area (Å²) in [6.45, 7) is 6.26. The van der Waals surface area contributed by atoms with E-state index in [1.807, 2.05) is 63.1 Å². The Morgan fingerprint density at radius 3 is 2.19 bits per heavy atom. The number of likely N-dealkylation sites (N-methyl/N-ethyl adjacent to an activating group) is 1. The van der Waals surface area contributed by atoms with Gasteiger partial charge in [0.1, 0.15) is 0 Å². The van der Waals surface area contributed by atoms with E-state index in [0.29, 0.717) is 11.3 Å². The van der Waals surface area contributed by atoms with Crippen molar-refractivity contribution in [2.45, 2.75) is 32.7 Å². The summed E-state index contributed by atoms with van der Waals surface area (Å²) in [5.74, 6) is -0.223. The molecule has 0 unspecified atom stereocenters. The van der Waals surface area contributed by atoms with Crippen LogP contribution >= 0.6 is 0 Å². The normalized spacial score (nSPS) is 10.9. The second kappa shape index (κ2) is 8.52. The Kier molecular flexibility index (Phi) is 6.39. The van der Waals surface area contributed by atoms with Gasteiger partial charge in [-0.3, -0.25) is 9.59 Å². The largest absolute Gasteiger partial charge is 0.365 e. The maximum absolute atomic E-state index is 12.2. The summed E-state index contributed by atoms with van der Waals surface area (Å²) in [7, 11) is 1.87. The number of nitrogens with one attached hydrogen (secondary N) is 2. The van der Waals surface area contributed by atoms with Gasteiger partial charge in [0.25, 0.3) is 5.91 Å². The van der Waals surface area contributed by atoms with E-state index in [0.717, 1.165) is 12.1 Å². The molecule has 26 heavy (non-hydrogen) atoms. The summed E-state index contributed by atoms with van der Waals surface area (Å²) in [6.07, 6.45) is 0.849. The average Bonchev–Trinajstić information content (AvgIpc) is 2.62. The molecule has 5 nitrogen and oxygen atoms in total. The number of nitrogens with zero attached hydrogens (tertiary/aromatic N) is 1. The van der Waals surface area contributed by atoms with E-state index in [9.17, 15) is 9.59 Å². The quantitative estimate of drug-likeness (QED) is 0.798. The molecule has 0 aliphatic carbocycles. The van der Waals surface area contributed by atoms with E-state index >= 15 is 0 Å². The molecule has 0 radical (unpaired) electrons. The van der Waals surface area contributed by atoms with Crippen LogP contribution in [0.4, 0.5) is 11.4 Å². The van der Waals surface area contributed by atoms with Gasteiger partial charge in [-0.1, -0.05) is 25.1 Å². The van der Waals surface area contributed by atoms with Gasteiger partial charge < -0.3 is 15.5 Å². The van der Waals surface area contributed by atoms with Crippen molar-refractivity contribution in [1.82, 2.24) is 5.32 Å². The minimum absolute atomic E-state index is 0.110. The lowest BCUT2D eigenvalue weighted by atomic mass is 10.0. The molecule has 0 saturated heterocycles. The first kappa shape index (κ1) is 19.5. The lowest BCUT2D eigenvalue weighted by Gasteiger charge is -2.24. The summed E-state index contributed by atoms with van der Waals surface area (Å²) in [5.41, 5.74) is 1.98. The van der Waals surface area contributed by atoms with Crippen LogP contribution in [0.1, 0.15) is 37.6 Å². The molecule has 0 saturated carbocycles. The summed E-state index contributed by atoms with van der Waals surface area (Å²) in [4.78, 5) is 26.3. The predicted molar refractivity (Wildman–Crippen MR) is 107 cm³/mol. The fraction of sp³-hybridized carbons (Fsp3) is 0.333. The predicted octanol–water partition coefficient (Wildman–Crippen LogP) is 3.68. The Bertz CT molecular complexity index is 740. The lowest BCUT2D eigenvalue weighted by Crippen LogP contribution is -2.42. The number of rotatable bonds is 7. The zero-order valence-corrected chi connectivity index (χ0v) is 15.9. The minimum Gasteiger partial charge on any atom is -0.365 e. The summed E-state index contributed by atoms with van der Waals surface area (Å²) in [6, 6.07) is 16.7. The maximum Gasteiger partial charge on any atom is 0.251 e. The number of benzene rings is 2. The Morgan fingerprint density at radius 1 is 1.00 bits per heavy atom. The molecule has 2 aromatic carbocycles. The van der Waals surface area contributed by atoms with Crippen LogP contribution in [-0.2, 0) is 4.79 Å². The van der Waals surface area contributed by atoms with Gasteiger partial charge in [0.05, 0.1) is 6.54 Å². The zero-order valence-electron chi connectivity index (χ0n) is 15.9. The van der Waals surface area contributed by atoms with Crippen LogP contribution in [0.25, 0.3) is 0 Å². The van der Waals surface area contributed by atoms with Crippen molar-refractivity contribution in [3.8, 4) is 0 Å². The van der Waals surface area contributed by atoms with Crippen molar-refractivity contribution in [3.63, 3.8) is 0 Å². The van der Waals surface area contributed by atoms with Gasteiger partial charge in [0.15, 0.2) is 0 Å². The number of hydrogen-bond donors (Lipinski definition) is 2. The third-order valence-corrected chi connectivity index (χ3v) is 4.34. The van der Waals surface area contributed by atoms with Gasteiger partial charge in [0.2, 0.25) is 5.91 Å². The first-order valence-corrected chi connectivity index (χ1v) is 8.79. The second-order valence-electron chi connectivity index (χ2n) is 7.01. The molecule has 2 aromatic rings.